The number of nitrogens with one attached hydrogen (secondary N) is 1. The van der Waals surface area contributed by atoms with E-state index in [0.29, 0.717) is 17.6 Å². The number of esters is 2. The summed E-state index contributed by atoms with van der Waals surface area (Å²) in [5, 5.41) is 2.65. The van der Waals surface area contributed by atoms with Gasteiger partial charge in [-0.1, -0.05) is 24.3 Å². The summed E-state index contributed by atoms with van der Waals surface area (Å²) in [6.45, 7) is 10.1. The van der Waals surface area contributed by atoms with Crippen LogP contribution in [0.2, 0.25) is 0 Å². The van der Waals surface area contributed by atoms with Crippen molar-refractivity contribution >= 4 is 25.7 Å². The van der Waals surface area contributed by atoms with E-state index in [2.05, 4.69) is 5.32 Å². The fourth-order valence-corrected chi connectivity index (χ4v) is 2.81. The first-order chi connectivity index (χ1) is 12.3. The van der Waals surface area contributed by atoms with Crippen molar-refractivity contribution in [1.29, 1.82) is 0 Å². The molecule has 27 heavy (non-hydrogen) atoms. The van der Waals surface area contributed by atoms with Gasteiger partial charge < -0.3 is 14.8 Å². The van der Waals surface area contributed by atoms with Crippen molar-refractivity contribution in [2.24, 2.45) is 5.41 Å². The Hall–Kier alpha value is -2.31. The smallest absolute Gasteiger partial charge is 0.321 e. The standard InChI is InChI=1S/C20H30BNO5/c1-18(2,16(24)26-7)13-10-8-9-11-14(13)20(5,6)27-17(25)19(3,4)15(23)22-12-21/h8-11H,12,21H2,1-7H3,(H,22,23). The molecule has 0 saturated carbocycles. The van der Waals surface area contributed by atoms with Crippen molar-refractivity contribution in [3.8, 4) is 0 Å². The number of amides is 1. The van der Waals surface area contributed by atoms with Gasteiger partial charge in [0.2, 0.25) is 5.91 Å². The molecular weight excluding hydrogens is 345 g/mol. The van der Waals surface area contributed by atoms with Crippen LogP contribution >= 0.6 is 0 Å². The third-order valence-electron chi connectivity index (χ3n) is 4.71. The summed E-state index contributed by atoms with van der Waals surface area (Å²) in [5.41, 5.74) is -1.93. The van der Waals surface area contributed by atoms with Crippen LogP contribution in [0.5, 0.6) is 0 Å². The van der Waals surface area contributed by atoms with Crippen LogP contribution in [0, 0.1) is 5.41 Å². The van der Waals surface area contributed by atoms with Gasteiger partial charge in [0, 0.05) is 0 Å². The lowest BCUT2D eigenvalue weighted by molar-refractivity contribution is -0.171. The summed E-state index contributed by atoms with van der Waals surface area (Å²) in [5.74, 6) is -1.42. The number of carbonyl (C=O) groups excluding carboxylic acids is 3. The number of benzene rings is 1. The molecule has 0 aromatic heterocycles. The molecule has 0 aliphatic heterocycles. The van der Waals surface area contributed by atoms with E-state index in [1.165, 1.54) is 21.0 Å². The highest BCUT2D eigenvalue weighted by Crippen LogP contribution is 2.37. The molecule has 0 spiro atoms. The van der Waals surface area contributed by atoms with E-state index in [-0.39, 0.29) is 5.97 Å². The normalized spacial score (nSPS) is 12.3. The Balaban J connectivity index is 3.28. The second-order valence-electron chi connectivity index (χ2n) is 8.05. The summed E-state index contributed by atoms with van der Waals surface area (Å²) in [6.07, 6.45) is 0.426. The van der Waals surface area contributed by atoms with Crippen LogP contribution < -0.4 is 5.32 Å². The third-order valence-corrected chi connectivity index (χ3v) is 4.71. The second kappa shape index (κ2) is 8.15. The lowest BCUT2D eigenvalue weighted by atomic mass is 9.77. The second-order valence-corrected chi connectivity index (χ2v) is 8.05. The zero-order valence-electron chi connectivity index (χ0n) is 17.6. The first kappa shape index (κ1) is 22.7. The molecule has 0 aliphatic carbocycles. The van der Waals surface area contributed by atoms with Crippen molar-refractivity contribution in [3.05, 3.63) is 35.4 Å². The van der Waals surface area contributed by atoms with Gasteiger partial charge >= 0.3 is 11.9 Å². The zero-order chi connectivity index (χ0) is 21.0. The minimum Gasteiger partial charge on any atom is -0.468 e. The van der Waals surface area contributed by atoms with Gasteiger partial charge in [0.15, 0.2) is 0 Å². The molecule has 0 heterocycles. The van der Waals surface area contributed by atoms with Gasteiger partial charge in [-0.2, -0.15) is 0 Å². The average Bonchev–Trinajstić information content (AvgIpc) is 2.60. The van der Waals surface area contributed by atoms with Crippen molar-refractivity contribution in [1.82, 2.24) is 5.32 Å². The molecule has 0 aliphatic rings. The van der Waals surface area contributed by atoms with Gasteiger partial charge in [-0.15, -0.1) is 0 Å². The maximum absolute atomic E-state index is 12.7. The monoisotopic (exact) mass is 375 g/mol. The number of hydrogen-bond donors (Lipinski definition) is 1. The molecule has 1 aromatic carbocycles. The summed E-state index contributed by atoms with van der Waals surface area (Å²) in [6, 6.07) is 7.26. The van der Waals surface area contributed by atoms with Gasteiger partial charge in [-0.05, 0) is 59.1 Å². The van der Waals surface area contributed by atoms with Crippen molar-refractivity contribution in [2.45, 2.75) is 52.6 Å². The average molecular weight is 375 g/mol. The maximum Gasteiger partial charge on any atom is 0.321 e. The Morgan fingerprint density at radius 1 is 0.963 bits per heavy atom. The molecule has 0 radical (unpaired) electrons. The maximum atomic E-state index is 12.7. The fraction of sp³-hybridized carbons (Fsp3) is 0.550. The fourth-order valence-electron chi connectivity index (χ4n) is 2.81. The summed E-state index contributed by atoms with van der Waals surface area (Å²) in [4.78, 5) is 37.2. The van der Waals surface area contributed by atoms with E-state index in [1.807, 2.05) is 24.3 Å². The molecule has 1 rings (SSSR count). The van der Waals surface area contributed by atoms with Crippen LogP contribution in [-0.2, 0) is 34.9 Å². The van der Waals surface area contributed by atoms with Crippen molar-refractivity contribution in [2.75, 3.05) is 13.6 Å². The number of rotatable bonds is 7. The summed E-state index contributed by atoms with van der Waals surface area (Å²) in [7, 11) is 3.13. The molecule has 1 aromatic rings. The van der Waals surface area contributed by atoms with E-state index in [0.717, 1.165) is 0 Å². The van der Waals surface area contributed by atoms with Gasteiger partial charge in [-0.25, -0.2) is 0 Å². The highest BCUT2D eigenvalue weighted by atomic mass is 16.6. The van der Waals surface area contributed by atoms with Crippen molar-refractivity contribution in [3.63, 3.8) is 0 Å². The van der Waals surface area contributed by atoms with Crippen LogP contribution in [0.1, 0.15) is 52.7 Å². The number of hydrogen-bond acceptors (Lipinski definition) is 5. The molecule has 6 nitrogen and oxygen atoms in total. The van der Waals surface area contributed by atoms with Crippen LogP contribution in [0.3, 0.4) is 0 Å². The highest BCUT2D eigenvalue weighted by Gasteiger charge is 2.43. The molecule has 0 bridgehead atoms. The van der Waals surface area contributed by atoms with E-state index in [4.69, 9.17) is 9.47 Å². The number of methoxy groups -OCH3 is 1. The minimum absolute atomic E-state index is 0.389. The summed E-state index contributed by atoms with van der Waals surface area (Å²) < 4.78 is 10.7. The molecular formula is C20H30BNO5. The van der Waals surface area contributed by atoms with Crippen LogP contribution in [0.15, 0.2) is 24.3 Å². The summed E-state index contributed by atoms with van der Waals surface area (Å²) >= 11 is 0. The largest absolute Gasteiger partial charge is 0.468 e. The van der Waals surface area contributed by atoms with Crippen molar-refractivity contribution < 1.29 is 23.9 Å². The van der Waals surface area contributed by atoms with E-state index >= 15 is 0 Å². The number of ether oxygens (including phenoxy) is 2. The first-order valence-electron chi connectivity index (χ1n) is 9.02. The zero-order valence-corrected chi connectivity index (χ0v) is 17.6. The Bertz CT molecular complexity index is 725. The Kier molecular flexibility index (Phi) is 6.86. The third kappa shape index (κ3) is 4.70. The van der Waals surface area contributed by atoms with Crippen LogP contribution in [0.25, 0.3) is 0 Å². The topological polar surface area (TPSA) is 81.7 Å². The lowest BCUT2D eigenvalue weighted by Crippen LogP contribution is -2.46. The molecule has 0 atom stereocenters. The van der Waals surface area contributed by atoms with Gasteiger partial charge in [-0.3, -0.25) is 14.4 Å². The molecule has 0 saturated heterocycles. The molecule has 1 amide bonds. The van der Waals surface area contributed by atoms with Crippen LogP contribution in [-0.4, -0.2) is 39.2 Å². The number of carbonyl (C=O) groups is 3. The van der Waals surface area contributed by atoms with Gasteiger partial charge in [0.1, 0.15) is 18.9 Å². The van der Waals surface area contributed by atoms with Gasteiger partial charge in [0.25, 0.3) is 0 Å². The predicted molar refractivity (Wildman–Crippen MR) is 106 cm³/mol. The Labute approximate surface area is 162 Å². The molecule has 0 unspecified atom stereocenters. The quantitative estimate of drug-likeness (QED) is 0.445. The minimum atomic E-state index is -1.33. The SMILES string of the molecule is BCNC(=O)C(C)(C)C(=O)OC(C)(C)c1ccccc1C(C)(C)C(=O)OC. The van der Waals surface area contributed by atoms with E-state index in [1.54, 1.807) is 35.5 Å². The van der Waals surface area contributed by atoms with E-state index in [9.17, 15) is 14.4 Å². The molecule has 148 valence electrons. The van der Waals surface area contributed by atoms with Gasteiger partial charge in [0.05, 0.1) is 12.5 Å². The highest BCUT2D eigenvalue weighted by molar-refractivity contribution is 6.11. The Morgan fingerprint density at radius 2 is 1.48 bits per heavy atom. The molecule has 1 N–H and O–H groups in total. The lowest BCUT2D eigenvalue weighted by Gasteiger charge is -2.34. The first-order valence-corrected chi connectivity index (χ1v) is 9.02. The van der Waals surface area contributed by atoms with E-state index < -0.39 is 28.3 Å². The molecule has 7 heteroatoms. The molecule has 0 fully saturated rings. The van der Waals surface area contributed by atoms with Crippen LogP contribution in [0.4, 0.5) is 0 Å². The Morgan fingerprint density at radius 3 is 1.96 bits per heavy atom. The predicted octanol–water partition coefficient (Wildman–Crippen LogP) is 1.65.